The Balaban J connectivity index is 2.22. The van der Waals surface area contributed by atoms with Crippen LogP contribution in [0, 0.1) is 6.92 Å². The first-order valence-electron chi connectivity index (χ1n) is 8.39. The molecule has 0 saturated carbocycles. The summed E-state index contributed by atoms with van der Waals surface area (Å²) in [5.74, 6) is 1.50. The van der Waals surface area contributed by atoms with Crippen LogP contribution >= 0.6 is 0 Å². The van der Waals surface area contributed by atoms with Gasteiger partial charge in [0.2, 0.25) is 5.88 Å². The van der Waals surface area contributed by atoms with E-state index in [9.17, 15) is 0 Å². The Hall–Kier alpha value is -2.33. The van der Waals surface area contributed by atoms with Crippen LogP contribution in [0.3, 0.4) is 0 Å². The van der Waals surface area contributed by atoms with Gasteiger partial charge in [0.25, 0.3) is 0 Å². The number of rotatable bonds is 6. The minimum absolute atomic E-state index is 0.232. The van der Waals surface area contributed by atoms with Gasteiger partial charge in [0.15, 0.2) is 0 Å². The van der Waals surface area contributed by atoms with E-state index in [0.717, 1.165) is 46.3 Å². The number of nitrogens with one attached hydrogen (secondary N) is 1. The Morgan fingerprint density at radius 2 is 2.08 bits per heavy atom. The molecule has 0 aliphatic rings. The molecular formula is C20H24N2O2. The normalized spacial score (nSPS) is 12.5. The molecule has 0 aliphatic heterocycles. The lowest BCUT2D eigenvalue weighted by molar-refractivity contribution is 0.393. The van der Waals surface area contributed by atoms with Crippen molar-refractivity contribution in [3.8, 4) is 17.2 Å². The van der Waals surface area contributed by atoms with Crippen molar-refractivity contribution in [3.05, 3.63) is 47.7 Å². The van der Waals surface area contributed by atoms with Gasteiger partial charge in [0, 0.05) is 28.8 Å². The predicted molar refractivity (Wildman–Crippen MR) is 97.4 cm³/mol. The molecule has 3 rings (SSSR count). The molecule has 0 bridgehead atoms. The van der Waals surface area contributed by atoms with Crippen LogP contribution in [0.15, 0.2) is 40.9 Å². The fourth-order valence-corrected chi connectivity index (χ4v) is 3.26. The van der Waals surface area contributed by atoms with Crippen LogP contribution in [0.4, 0.5) is 0 Å². The monoisotopic (exact) mass is 324 g/mol. The molecular weight excluding hydrogens is 300 g/mol. The average molecular weight is 324 g/mol. The highest BCUT2D eigenvalue weighted by Crippen LogP contribution is 2.38. The summed E-state index contributed by atoms with van der Waals surface area (Å²) in [5.41, 5.74) is 4.12. The van der Waals surface area contributed by atoms with E-state index in [1.54, 1.807) is 7.11 Å². The molecule has 0 saturated heterocycles. The zero-order chi connectivity index (χ0) is 17.1. The Bertz CT molecular complexity index is 806. The smallest absolute Gasteiger partial charge is 0.216 e. The number of hydrogen-bond acceptors (Lipinski definition) is 4. The lowest BCUT2D eigenvalue weighted by Gasteiger charge is -2.20. The van der Waals surface area contributed by atoms with E-state index in [4.69, 9.17) is 9.15 Å². The summed E-state index contributed by atoms with van der Waals surface area (Å²) >= 11 is 0. The van der Waals surface area contributed by atoms with E-state index < -0.39 is 0 Å². The highest BCUT2D eigenvalue weighted by molar-refractivity contribution is 5.84. The van der Waals surface area contributed by atoms with Crippen LogP contribution in [0.25, 0.3) is 22.3 Å². The molecule has 2 heterocycles. The number of fused-ring (bicyclic) bond motifs is 1. The minimum atomic E-state index is 0.232. The first-order valence-corrected chi connectivity index (χ1v) is 8.39. The summed E-state index contributed by atoms with van der Waals surface area (Å²) in [6.45, 7) is 4.23. The van der Waals surface area contributed by atoms with Gasteiger partial charge in [-0.3, -0.25) is 0 Å². The van der Waals surface area contributed by atoms with Crippen LogP contribution in [-0.4, -0.2) is 19.1 Å². The summed E-state index contributed by atoms with van der Waals surface area (Å²) in [7, 11) is 3.64. The summed E-state index contributed by atoms with van der Waals surface area (Å²) in [6, 6.07) is 10.4. The van der Waals surface area contributed by atoms with Gasteiger partial charge in [-0.05, 0) is 38.1 Å². The third-order valence-electron chi connectivity index (χ3n) is 4.47. The van der Waals surface area contributed by atoms with Crippen molar-refractivity contribution < 1.29 is 9.15 Å². The van der Waals surface area contributed by atoms with E-state index >= 15 is 0 Å². The van der Waals surface area contributed by atoms with Crippen LogP contribution < -0.4 is 10.1 Å². The molecule has 4 heteroatoms. The molecule has 0 amide bonds. The van der Waals surface area contributed by atoms with Crippen LogP contribution in [0.2, 0.25) is 0 Å². The first-order chi connectivity index (χ1) is 11.7. The molecule has 1 N–H and O–H groups in total. The van der Waals surface area contributed by atoms with Gasteiger partial charge in [0.1, 0.15) is 11.3 Å². The van der Waals surface area contributed by atoms with E-state index in [-0.39, 0.29) is 6.04 Å². The number of benzene rings is 1. The summed E-state index contributed by atoms with van der Waals surface area (Å²) in [6.07, 6.45) is 4.04. The summed E-state index contributed by atoms with van der Waals surface area (Å²) < 4.78 is 11.6. The second kappa shape index (κ2) is 7.05. The molecule has 0 spiro atoms. The molecule has 0 unspecified atom stereocenters. The van der Waals surface area contributed by atoms with E-state index in [1.165, 1.54) is 0 Å². The predicted octanol–water partition coefficient (Wildman–Crippen LogP) is 4.87. The third-order valence-corrected chi connectivity index (χ3v) is 4.47. The third kappa shape index (κ3) is 2.89. The topological polar surface area (TPSA) is 47.3 Å². The zero-order valence-electron chi connectivity index (χ0n) is 14.7. The van der Waals surface area contributed by atoms with Crippen molar-refractivity contribution in [3.63, 3.8) is 0 Å². The number of methoxy groups -OCH3 is 1. The van der Waals surface area contributed by atoms with E-state index in [2.05, 4.69) is 29.4 Å². The number of para-hydroxylation sites is 1. The lowest BCUT2D eigenvalue weighted by Crippen LogP contribution is -2.18. The number of pyridine rings is 1. The number of ether oxygens (including phenoxy) is 1. The molecule has 0 radical (unpaired) electrons. The molecule has 4 nitrogen and oxygen atoms in total. The van der Waals surface area contributed by atoms with Crippen molar-refractivity contribution in [1.29, 1.82) is 0 Å². The molecule has 1 aromatic carbocycles. The molecule has 3 aromatic rings. The number of furan rings is 1. The highest BCUT2D eigenvalue weighted by Gasteiger charge is 2.22. The van der Waals surface area contributed by atoms with Gasteiger partial charge >= 0.3 is 0 Å². The minimum Gasteiger partial charge on any atom is -0.481 e. The van der Waals surface area contributed by atoms with Gasteiger partial charge in [-0.15, -0.1) is 0 Å². The average Bonchev–Trinajstić information content (AvgIpc) is 3.03. The zero-order valence-corrected chi connectivity index (χ0v) is 14.7. The van der Waals surface area contributed by atoms with Crippen molar-refractivity contribution in [2.45, 2.75) is 32.7 Å². The quantitative estimate of drug-likeness (QED) is 0.702. The fraction of sp³-hybridized carbons (Fsp3) is 0.350. The second-order valence-corrected chi connectivity index (χ2v) is 6.00. The van der Waals surface area contributed by atoms with Crippen molar-refractivity contribution in [2.24, 2.45) is 0 Å². The largest absolute Gasteiger partial charge is 0.481 e. The lowest BCUT2D eigenvalue weighted by atomic mass is 9.94. The van der Waals surface area contributed by atoms with E-state index in [0.29, 0.717) is 5.88 Å². The fourth-order valence-electron chi connectivity index (χ4n) is 3.26. The first kappa shape index (κ1) is 16.5. The Morgan fingerprint density at radius 3 is 2.75 bits per heavy atom. The Morgan fingerprint density at radius 1 is 1.29 bits per heavy atom. The maximum Gasteiger partial charge on any atom is 0.216 e. The van der Waals surface area contributed by atoms with Gasteiger partial charge < -0.3 is 14.5 Å². The maximum absolute atomic E-state index is 6.14. The SMILES string of the molecule is CCC[C@H](NC)c1cnc(OC)c(C)c1-c1cc2ccccc2o1. The molecule has 0 aliphatic carbocycles. The van der Waals surface area contributed by atoms with Crippen molar-refractivity contribution >= 4 is 11.0 Å². The van der Waals surface area contributed by atoms with E-state index in [1.807, 2.05) is 38.4 Å². The number of hydrogen-bond donors (Lipinski definition) is 1. The molecule has 126 valence electrons. The van der Waals surface area contributed by atoms with Crippen LogP contribution in [0.1, 0.15) is 36.9 Å². The van der Waals surface area contributed by atoms with Gasteiger partial charge in [-0.2, -0.15) is 0 Å². The molecule has 2 aromatic heterocycles. The summed E-state index contributed by atoms with van der Waals surface area (Å²) in [4.78, 5) is 4.48. The Labute approximate surface area is 142 Å². The Kier molecular flexibility index (Phi) is 4.86. The highest BCUT2D eigenvalue weighted by atomic mass is 16.5. The van der Waals surface area contributed by atoms with Crippen LogP contribution in [0.5, 0.6) is 5.88 Å². The van der Waals surface area contributed by atoms with Gasteiger partial charge in [-0.25, -0.2) is 4.98 Å². The summed E-state index contributed by atoms with van der Waals surface area (Å²) in [5, 5.41) is 4.51. The van der Waals surface area contributed by atoms with Crippen LogP contribution in [-0.2, 0) is 0 Å². The molecule has 1 atom stereocenters. The second-order valence-electron chi connectivity index (χ2n) is 6.00. The standard InChI is InChI=1S/C20H24N2O2/c1-5-8-16(21-3)15-12-22-20(23-4)13(2)19(15)18-11-14-9-6-7-10-17(14)24-18/h6-7,9-12,16,21H,5,8H2,1-4H3/t16-/m0/s1. The number of nitrogens with zero attached hydrogens (tertiary/aromatic N) is 1. The van der Waals surface area contributed by atoms with Crippen molar-refractivity contribution in [1.82, 2.24) is 10.3 Å². The van der Waals surface area contributed by atoms with Crippen molar-refractivity contribution in [2.75, 3.05) is 14.2 Å². The van der Waals surface area contributed by atoms with Gasteiger partial charge in [-0.1, -0.05) is 31.5 Å². The van der Waals surface area contributed by atoms with Gasteiger partial charge in [0.05, 0.1) is 7.11 Å². The molecule has 0 fully saturated rings. The maximum atomic E-state index is 6.14. The number of aromatic nitrogens is 1. The molecule has 24 heavy (non-hydrogen) atoms.